The SMILES string of the molecule is CC(C)N1C[C@@H]2[C@H](NC(=O)CC3CCOCC3)c3ccccc3[C@@H]2C1.O=C(O)C(F)(F)F. The summed E-state index contributed by atoms with van der Waals surface area (Å²) in [5.41, 5.74) is 2.80. The number of carbonyl (C=O) groups excluding carboxylic acids is 1. The van der Waals surface area contributed by atoms with Crippen LogP contribution in [-0.2, 0) is 14.3 Å². The second kappa shape index (κ2) is 10.2. The summed E-state index contributed by atoms with van der Waals surface area (Å²) in [7, 11) is 0. The second-order valence-electron chi connectivity index (χ2n) is 9.05. The molecule has 2 heterocycles. The van der Waals surface area contributed by atoms with Crippen molar-refractivity contribution in [2.24, 2.45) is 11.8 Å². The van der Waals surface area contributed by atoms with E-state index in [1.807, 2.05) is 0 Å². The molecule has 0 aromatic heterocycles. The van der Waals surface area contributed by atoms with E-state index in [-0.39, 0.29) is 11.9 Å². The Hall–Kier alpha value is -2.13. The number of alkyl halides is 3. The summed E-state index contributed by atoms with van der Waals surface area (Å²) in [6, 6.07) is 9.47. The van der Waals surface area contributed by atoms with Crippen LogP contribution in [0.25, 0.3) is 0 Å². The number of ether oxygens (including phenoxy) is 1. The van der Waals surface area contributed by atoms with Crippen LogP contribution < -0.4 is 5.32 Å². The maximum atomic E-state index is 12.7. The molecule has 0 radical (unpaired) electrons. The molecule has 0 unspecified atom stereocenters. The summed E-state index contributed by atoms with van der Waals surface area (Å²) in [5, 5.41) is 10.5. The number of amides is 1. The fraction of sp³-hybridized carbons (Fsp3) is 0.652. The van der Waals surface area contributed by atoms with Crippen molar-refractivity contribution in [2.45, 2.75) is 57.3 Å². The Balaban J connectivity index is 0.000000360. The highest BCUT2D eigenvalue weighted by atomic mass is 19.4. The second-order valence-corrected chi connectivity index (χ2v) is 9.05. The van der Waals surface area contributed by atoms with Crippen LogP contribution in [0.4, 0.5) is 13.2 Å². The molecular weight excluding hydrogens is 425 g/mol. The van der Waals surface area contributed by atoms with Crippen LogP contribution in [0.2, 0.25) is 0 Å². The number of carboxylic acid groups (broad SMARTS) is 1. The molecule has 2 aliphatic heterocycles. The summed E-state index contributed by atoms with van der Waals surface area (Å²) in [6.07, 6.45) is -2.41. The van der Waals surface area contributed by atoms with E-state index in [2.05, 4.69) is 48.3 Å². The molecular formula is C23H31F3N2O4. The standard InChI is InChI=1S/C21H30N2O2.C2HF3O2/c1-14(2)23-12-18-16-5-3-4-6-17(16)21(19(18)13-23)22-20(24)11-15-7-9-25-10-8-15;3-2(4,5)1(6)7/h3-6,14-15,18-19,21H,7-13H2,1-2H3,(H,22,24);(H,6,7)/t18-,19-,21+;/m0./s1. The highest BCUT2D eigenvalue weighted by Crippen LogP contribution is 2.49. The molecule has 32 heavy (non-hydrogen) atoms. The lowest BCUT2D eigenvalue weighted by Crippen LogP contribution is -2.36. The molecule has 3 atom stereocenters. The van der Waals surface area contributed by atoms with Crippen LogP contribution in [0, 0.1) is 11.8 Å². The normalized spacial score (nSPS) is 25.6. The van der Waals surface area contributed by atoms with Crippen LogP contribution in [0.15, 0.2) is 24.3 Å². The molecule has 0 bridgehead atoms. The van der Waals surface area contributed by atoms with Gasteiger partial charge in [-0.3, -0.25) is 9.69 Å². The Morgan fingerprint density at radius 1 is 1.16 bits per heavy atom. The maximum absolute atomic E-state index is 12.7. The molecule has 9 heteroatoms. The van der Waals surface area contributed by atoms with Crippen molar-refractivity contribution in [2.75, 3.05) is 26.3 Å². The van der Waals surface area contributed by atoms with Crippen molar-refractivity contribution in [3.05, 3.63) is 35.4 Å². The van der Waals surface area contributed by atoms with Crippen LogP contribution in [0.5, 0.6) is 0 Å². The van der Waals surface area contributed by atoms with E-state index in [1.165, 1.54) is 11.1 Å². The lowest BCUT2D eigenvalue weighted by atomic mass is 9.93. The summed E-state index contributed by atoms with van der Waals surface area (Å²) in [6.45, 7) is 8.35. The minimum Gasteiger partial charge on any atom is -0.475 e. The first-order valence-electron chi connectivity index (χ1n) is 11.1. The first kappa shape index (κ1) is 24.5. The van der Waals surface area contributed by atoms with Crippen LogP contribution in [-0.4, -0.2) is 60.4 Å². The van der Waals surface area contributed by atoms with Gasteiger partial charge in [-0.1, -0.05) is 24.3 Å². The first-order valence-corrected chi connectivity index (χ1v) is 11.1. The number of aliphatic carboxylic acids is 1. The van der Waals surface area contributed by atoms with E-state index in [0.29, 0.717) is 30.2 Å². The molecule has 2 fully saturated rings. The zero-order valence-corrected chi connectivity index (χ0v) is 18.4. The van der Waals surface area contributed by atoms with Crippen molar-refractivity contribution in [1.82, 2.24) is 10.2 Å². The number of rotatable bonds is 4. The Labute approximate surface area is 186 Å². The van der Waals surface area contributed by atoms with Crippen molar-refractivity contribution >= 4 is 11.9 Å². The molecule has 1 aliphatic carbocycles. The summed E-state index contributed by atoms with van der Waals surface area (Å²) in [4.78, 5) is 24.2. The van der Waals surface area contributed by atoms with Gasteiger partial charge in [0.1, 0.15) is 0 Å². The fourth-order valence-corrected chi connectivity index (χ4v) is 4.94. The molecule has 0 saturated carbocycles. The molecule has 2 N–H and O–H groups in total. The van der Waals surface area contributed by atoms with Crippen molar-refractivity contribution in [3.63, 3.8) is 0 Å². The summed E-state index contributed by atoms with van der Waals surface area (Å²) in [5.74, 6) is -0.981. The number of fused-ring (bicyclic) bond motifs is 3. The van der Waals surface area contributed by atoms with Gasteiger partial charge < -0.3 is 15.2 Å². The minimum atomic E-state index is -5.08. The smallest absolute Gasteiger partial charge is 0.475 e. The van der Waals surface area contributed by atoms with Gasteiger partial charge in [-0.05, 0) is 43.7 Å². The van der Waals surface area contributed by atoms with Crippen LogP contribution >= 0.6 is 0 Å². The number of carbonyl (C=O) groups is 2. The fourth-order valence-electron chi connectivity index (χ4n) is 4.94. The quantitative estimate of drug-likeness (QED) is 0.722. The van der Waals surface area contributed by atoms with Gasteiger partial charge in [0.25, 0.3) is 0 Å². The van der Waals surface area contributed by atoms with Gasteiger partial charge in [0.2, 0.25) is 5.91 Å². The molecule has 3 aliphatic rings. The largest absolute Gasteiger partial charge is 0.490 e. The third-order valence-electron chi connectivity index (χ3n) is 6.66. The number of halogens is 3. The minimum absolute atomic E-state index is 0.178. The zero-order valence-electron chi connectivity index (χ0n) is 18.4. The van der Waals surface area contributed by atoms with E-state index < -0.39 is 12.1 Å². The van der Waals surface area contributed by atoms with Gasteiger partial charge >= 0.3 is 12.1 Å². The average molecular weight is 457 g/mol. The predicted molar refractivity (Wildman–Crippen MR) is 112 cm³/mol. The predicted octanol–water partition coefficient (Wildman–Crippen LogP) is 3.73. The van der Waals surface area contributed by atoms with E-state index in [0.717, 1.165) is 39.1 Å². The Morgan fingerprint density at radius 3 is 2.31 bits per heavy atom. The summed E-state index contributed by atoms with van der Waals surface area (Å²) >= 11 is 0. The first-order chi connectivity index (χ1) is 15.1. The van der Waals surface area contributed by atoms with Gasteiger partial charge in [-0.25, -0.2) is 4.79 Å². The van der Waals surface area contributed by atoms with E-state index in [1.54, 1.807) is 0 Å². The Bertz CT molecular complexity index is 809. The van der Waals surface area contributed by atoms with Crippen LogP contribution in [0.1, 0.15) is 56.2 Å². The van der Waals surface area contributed by atoms with Gasteiger partial charge in [0.05, 0.1) is 6.04 Å². The number of likely N-dealkylation sites (tertiary alicyclic amines) is 1. The number of nitrogens with one attached hydrogen (secondary N) is 1. The number of hydrogen-bond acceptors (Lipinski definition) is 4. The molecule has 1 aromatic carbocycles. The zero-order chi connectivity index (χ0) is 23.5. The molecule has 4 rings (SSSR count). The molecule has 6 nitrogen and oxygen atoms in total. The third-order valence-corrected chi connectivity index (χ3v) is 6.66. The van der Waals surface area contributed by atoms with Gasteiger partial charge in [-0.15, -0.1) is 0 Å². The molecule has 2 saturated heterocycles. The molecule has 0 spiro atoms. The molecule has 1 aromatic rings. The van der Waals surface area contributed by atoms with E-state index in [9.17, 15) is 18.0 Å². The van der Waals surface area contributed by atoms with Crippen molar-refractivity contribution < 1.29 is 32.6 Å². The number of nitrogens with zero attached hydrogens (tertiary/aromatic N) is 1. The number of benzene rings is 1. The van der Waals surface area contributed by atoms with Gasteiger partial charge in [0, 0.05) is 50.6 Å². The molecule has 1 amide bonds. The van der Waals surface area contributed by atoms with E-state index >= 15 is 0 Å². The summed E-state index contributed by atoms with van der Waals surface area (Å²) < 4.78 is 37.2. The van der Waals surface area contributed by atoms with Crippen LogP contribution in [0.3, 0.4) is 0 Å². The Kier molecular flexibility index (Phi) is 7.82. The maximum Gasteiger partial charge on any atom is 0.490 e. The lowest BCUT2D eigenvalue weighted by molar-refractivity contribution is -0.192. The highest BCUT2D eigenvalue weighted by Gasteiger charge is 2.47. The van der Waals surface area contributed by atoms with Crippen molar-refractivity contribution in [1.29, 1.82) is 0 Å². The number of hydrogen-bond donors (Lipinski definition) is 2. The third kappa shape index (κ3) is 5.81. The lowest BCUT2D eigenvalue weighted by Gasteiger charge is -2.26. The average Bonchev–Trinajstić information content (AvgIpc) is 3.28. The van der Waals surface area contributed by atoms with Gasteiger partial charge in [-0.2, -0.15) is 13.2 Å². The van der Waals surface area contributed by atoms with E-state index in [4.69, 9.17) is 14.6 Å². The molecule has 178 valence electrons. The number of carboxylic acids is 1. The highest BCUT2D eigenvalue weighted by molar-refractivity contribution is 5.77. The van der Waals surface area contributed by atoms with Crippen molar-refractivity contribution in [3.8, 4) is 0 Å². The monoisotopic (exact) mass is 456 g/mol. The van der Waals surface area contributed by atoms with Gasteiger partial charge in [0.15, 0.2) is 0 Å². The Morgan fingerprint density at radius 2 is 1.75 bits per heavy atom. The topological polar surface area (TPSA) is 78.9 Å².